The van der Waals surface area contributed by atoms with Gasteiger partial charge in [0.1, 0.15) is 5.75 Å². The normalized spacial score (nSPS) is 11.5. The monoisotopic (exact) mass is 204 g/mol. The zero-order chi connectivity index (χ0) is 11.1. The summed E-state index contributed by atoms with van der Waals surface area (Å²) in [5.41, 5.74) is 1.02. The van der Waals surface area contributed by atoms with Crippen LogP contribution in [0.15, 0.2) is 24.3 Å². The van der Waals surface area contributed by atoms with Crippen molar-refractivity contribution in [3.8, 4) is 11.8 Å². The molecule has 0 aliphatic carbocycles. The van der Waals surface area contributed by atoms with Crippen LogP contribution >= 0.6 is 0 Å². The molecule has 15 heavy (non-hydrogen) atoms. The third kappa shape index (κ3) is 3.90. The van der Waals surface area contributed by atoms with Gasteiger partial charge in [0.2, 0.25) is 0 Å². The van der Waals surface area contributed by atoms with E-state index >= 15 is 0 Å². The highest BCUT2D eigenvalue weighted by atomic mass is 16.5. The highest BCUT2D eigenvalue weighted by Crippen LogP contribution is 2.16. The molecule has 1 unspecified atom stereocenters. The minimum absolute atomic E-state index is 0.174. The maximum absolute atomic E-state index is 8.52. The molecule has 0 heterocycles. The summed E-state index contributed by atoms with van der Waals surface area (Å²) in [5.74, 6) is 0.871. The Morgan fingerprint density at radius 3 is 2.60 bits per heavy atom. The highest BCUT2D eigenvalue weighted by molar-refractivity contribution is 5.47. The topological polar surface area (TPSA) is 45.0 Å². The summed E-state index contributed by atoms with van der Waals surface area (Å²) in [6, 6.07) is 10.1. The number of nitriles is 1. The number of ether oxygens (including phenoxy) is 1. The molecule has 0 spiro atoms. The van der Waals surface area contributed by atoms with E-state index in [2.05, 4.69) is 11.4 Å². The van der Waals surface area contributed by atoms with Crippen molar-refractivity contribution in [3.63, 3.8) is 0 Å². The van der Waals surface area contributed by atoms with Crippen LogP contribution in [0.2, 0.25) is 0 Å². The molecule has 1 atom stereocenters. The summed E-state index contributed by atoms with van der Waals surface area (Å²) in [7, 11) is 0. The molecule has 0 saturated heterocycles. The minimum atomic E-state index is 0.174. The predicted molar refractivity (Wildman–Crippen MR) is 60.9 cm³/mol. The van der Waals surface area contributed by atoms with Crippen molar-refractivity contribution in [2.24, 2.45) is 0 Å². The van der Waals surface area contributed by atoms with E-state index in [1.807, 2.05) is 38.1 Å². The average Bonchev–Trinajstić information content (AvgIpc) is 2.22. The van der Waals surface area contributed by atoms with Crippen molar-refractivity contribution in [3.05, 3.63) is 24.3 Å². The van der Waals surface area contributed by atoms with E-state index in [-0.39, 0.29) is 6.04 Å². The van der Waals surface area contributed by atoms with Gasteiger partial charge in [-0.25, -0.2) is 0 Å². The van der Waals surface area contributed by atoms with Crippen LogP contribution in [-0.2, 0) is 0 Å². The van der Waals surface area contributed by atoms with Gasteiger partial charge in [0.25, 0.3) is 0 Å². The lowest BCUT2D eigenvalue weighted by Gasteiger charge is -2.12. The fourth-order valence-corrected chi connectivity index (χ4v) is 1.29. The molecular formula is C12H16N2O. The standard InChI is InChI=1S/C12H16N2O/c1-3-15-12-6-4-11(5-7-12)14-10(2)8-9-13/h4-7,10,14H,3,8H2,1-2H3. The third-order valence-corrected chi connectivity index (χ3v) is 1.98. The summed E-state index contributed by atoms with van der Waals surface area (Å²) < 4.78 is 5.33. The number of anilines is 1. The van der Waals surface area contributed by atoms with Crippen LogP contribution in [0.25, 0.3) is 0 Å². The van der Waals surface area contributed by atoms with E-state index in [9.17, 15) is 0 Å². The fourth-order valence-electron chi connectivity index (χ4n) is 1.29. The Morgan fingerprint density at radius 2 is 2.07 bits per heavy atom. The van der Waals surface area contributed by atoms with Crippen LogP contribution in [0.4, 0.5) is 5.69 Å². The first-order valence-corrected chi connectivity index (χ1v) is 5.12. The first-order valence-electron chi connectivity index (χ1n) is 5.12. The molecule has 0 aliphatic heterocycles. The van der Waals surface area contributed by atoms with Gasteiger partial charge in [-0.15, -0.1) is 0 Å². The van der Waals surface area contributed by atoms with Gasteiger partial charge in [-0.2, -0.15) is 5.26 Å². The average molecular weight is 204 g/mol. The molecule has 1 rings (SSSR count). The van der Waals surface area contributed by atoms with Crippen molar-refractivity contribution in [2.75, 3.05) is 11.9 Å². The Hall–Kier alpha value is -1.69. The Kier molecular flexibility index (Phi) is 4.49. The Labute approximate surface area is 90.7 Å². The second-order valence-electron chi connectivity index (χ2n) is 3.37. The van der Waals surface area contributed by atoms with Crippen LogP contribution in [0.3, 0.4) is 0 Å². The van der Waals surface area contributed by atoms with E-state index in [0.717, 1.165) is 11.4 Å². The van der Waals surface area contributed by atoms with Gasteiger partial charge in [0.15, 0.2) is 0 Å². The lowest BCUT2D eigenvalue weighted by Crippen LogP contribution is -2.13. The number of rotatable bonds is 5. The number of hydrogen-bond donors (Lipinski definition) is 1. The van der Waals surface area contributed by atoms with E-state index in [4.69, 9.17) is 10.00 Å². The Balaban J connectivity index is 2.53. The number of nitrogens with one attached hydrogen (secondary N) is 1. The van der Waals surface area contributed by atoms with Crippen molar-refractivity contribution in [1.82, 2.24) is 0 Å². The van der Waals surface area contributed by atoms with Crippen LogP contribution < -0.4 is 10.1 Å². The van der Waals surface area contributed by atoms with Crippen molar-refractivity contribution in [2.45, 2.75) is 26.3 Å². The maximum atomic E-state index is 8.52. The Morgan fingerprint density at radius 1 is 1.40 bits per heavy atom. The molecule has 1 N–H and O–H groups in total. The molecule has 0 bridgehead atoms. The summed E-state index contributed by atoms with van der Waals surface area (Å²) in [6.07, 6.45) is 0.507. The lowest BCUT2D eigenvalue weighted by atomic mass is 10.2. The van der Waals surface area contributed by atoms with E-state index in [1.54, 1.807) is 0 Å². The van der Waals surface area contributed by atoms with Gasteiger partial charge in [0, 0.05) is 11.7 Å². The zero-order valence-electron chi connectivity index (χ0n) is 9.16. The maximum Gasteiger partial charge on any atom is 0.119 e. The molecule has 0 aromatic heterocycles. The molecule has 1 aromatic carbocycles. The SMILES string of the molecule is CCOc1ccc(NC(C)CC#N)cc1. The molecule has 0 saturated carbocycles. The second kappa shape index (κ2) is 5.92. The van der Waals surface area contributed by atoms with Crippen LogP contribution in [-0.4, -0.2) is 12.6 Å². The van der Waals surface area contributed by atoms with E-state index in [0.29, 0.717) is 13.0 Å². The molecule has 3 nitrogen and oxygen atoms in total. The number of hydrogen-bond acceptors (Lipinski definition) is 3. The van der Waals surface area contributed by atoms with Gasteiger partial charge in [-0.05, 0) is 38.1 Å². The van der Waals surface area contributed by atoms with Gasteiger partial charge in [-0.3, -0.25) is 0 Å². The highest BCUT2D eigenvalue weighted by Gasteiger charge is 2.00. The molecular weight excluding hydrogens is 188 g/mol. The van der Waals surface area contributed by atoms with Gasteiger partial charge >= 0.3 is 0 Å². The van der Waals surface area contributed by atoms with E-state index in [1.165, 1.54) is 0 Å². The first kappa shape index (κ1) is 11.4. The van der Waals surface area contributed by atoms with Gasteiger partial charge in [-0.1, -0.05) is 0 Å². The van der Waals surface area contributed by atoms with E-state index < -0.39 is 0 Å². The summed E-state index contributed by atoms with van der Waals surface area (Å²) in [5, 5.41) is 11.8. The van der Waals surface area contributed by atoms with Crippen LogP contribution in [0.1, 0.15) is 20.3 Å². The number of benzene rings is 1. The van der Waals surface area contributed by atoms with Gasteiger partial charge in [0.05, 0.1) is 19.1 Å². The second-order valence-corrected chi connectivity index (χ2v) is 3.37. The minimum Gasteiger partial charge on any atom is -0.494 e. The summed E-state index contributed by atoms with van der Waals surface area (Å²) >= 11 is 0. The summed E-state index contributed by atoms with van der Waals surface area (Å²) in [6.45, 7) is 4.62. The fraction of sp³-hybridized carbons (Fsp3) is 0.417. The zero-order valence-corrected chi connectivity index (χ0v) is 9.16. The quantitative estimate of drug-likeness (QED) is 0.802. The molecule has 3 heteroatoms. The largest absolute Gasteiger partial charge is 0.494 e. The molecule has 1 aromatic rings. The number of nitrogens with zero attached hydrogens (tertiary/aromatic N) is 1. The Bertz CT molecular complexity index is 326. The van der Waals surface area contributed by atoms with Gasteiger partial charge < -0.3 is 10.1 Å². The predicted octanol–water partition coefficient (Wildman–Crippen LogP) is 2.80. The lowest BCUT2D eigenvalue weighted by molar-refractivity contribution is 0.340. The summed E-state index contributed by atoms with van der Waals surface area (Å²) in [4.78, 5) is 0. The van der Waals surface area contributed by atoms with Crippen LogP contribution in [0, 0.1) is 11.3 Å². The molecule has 0 aliphatic rings. The first-order chi connectivity index (χ1) is 7.26. The van der Waals surface area contributed by atoms with Crippen molar-refractivity contribution in [1.29, 1.82) is 5.26 Å². The molecule has 0 amide bonds. The van der Waals surface area contributed by atoms with Crippen molar-refractivity contribution < 1.29 is 4.74 Å². The molecule has 0 fully saturated rings. The third-order valence-electron chi connectivity index (χ3n) is 1.98. The molecule has 80 valence electrons. The molecule has 0 radical (unpaired) electrons. The van der Waals surface area contributed by atoms with Crippen LogP contribution in [0.5, 0.6) is 5.75 Å². The smallest absolute Gasteiger partial charge is 0.119 e. The van der Waals surface area contributed by atoms with Crippen molar-refractivity contribution >= 4 is 5.69 Å².